The summed E-state index contributed by atoms with van der Waals surface area (Å²) in [4.78, 5) is 14.8. The van der Waals surface area contributed by atoms with Crippen molar-refractivity contribution in [2.24, 2.45) is 0 Å². The highest BCUT2D eigenvalue weighted by atomic mass is 16.3. The average molecular weight is 295 g/mol. The summed E-state index contributed by atoms with van der Waals surface area (Å²) in [7, 11) is 0. The summed E-state index contributed by atoms with van der Waals surface area (Å²) in [6, 6.07) is 11.4. The molecule has 22 heavy (non-hydrogen) atoms. The third kappa shape index (κ3) is 2.11. The van der Waals surface area contributed by atoms with E-state index in [-0.39, 0.29) is 11.9 Å². The maximum absolute atomic E-state index is 12.9. The third-order valence-corrected chi connectivity index (χ3v) is 4.27. The van der Waals surface area contributed by atoms with Crippen molar-refractivity contribution in [1.29, 1.82) is 0 Å². The van der Waals surface area contributed by atoms with Crippen LogP contribution in [0.3, 0.4) is 0 Å². The second-order valence-electron chi connectivity index (χ2n) is 5.78. The lowest BCUT2D eigenvalue weighted by molar-refractivity contribution is 0.0720. The molecule has 3 aromatic rings. The first-order chi connectivity index (χ1) is 10.7. The zero-order valence-corrected chi connectivity index (χ0v) is 12.4. The van der Waals surface area contributed by atoms with Gasteiger partial charge in [0.05, 0.1) is 12.3 Å². The van der Waals surface area contributed by atoms with Crippen molar-refractivity contribution in [2.45, 2.75) is 25.8 Å². The summed E-state index contributed by atoms with van der Waals surface area (Å²) < 4.78 is 11.1. The largest absolute Gasteiger partial charge is 0.467 e. The van der Waals surface area contributed by atoms with Gasteiger partial charge in [-0.1, -0.05) is 0 Å². The van der Waals surface area contributed by atoms with E-state index in [0.717, 1.165) is 41.9 Å². The number of likely N-dealkylation sites (tertiary alicyclic amines) is 1. The molecule has 2 aromatic heterocycles. The highest BCUT2D eigenvalue weighted by Crippen LogP contribution is 2.33. The number of furan rings is 2. The van der Waals surface area contributed by atoms with Crippen LogP contribution in [0.25, 0.3) is 11.0 Å². The topological polar surface area (TPSA) is 46.6 Å². The summed E-state index contributed by atoms with van der Waals surface area (Å²) in [6.07, 6.45) is 3.62. The quantitative estimate of drug-likeness (QED) is 0.707. The number of fused-ring (bicyclic) bond motifs is 1. The predicted octanol–water partition coefficient (Wildman–Crippen LogP) is 4.31. The lowest BCUT2D eigenvalue weighted by atomic mass is 10.1. The Hall–Kier alpha value is -2.49. The Balaban J connectivity index is 1.67. The van der Waals surface area contributed by atoms with Gasteiger partial charge >= 0.3 is 0 Å². The Morgan fingerprint density at radius 3 is 3.00 bits per heavy atom. The molecule has 0 aliphatic carbocycles. The van der Waals surface area contributed by atoms with Crippen LogP contribution < -0.4 is 0 Å². The van der Waals surface area contributed by atoms with E-state index < -0.39 is 0 Å². The Kier molecular flexibility index (Phi) is 3.03. The van der Waals surface area contributed by atoms with Crippen LogP contribution in [0.1, 0.15) is 40.8 Å². The maximum Gasteiger partial charge on any atom is 0.254 e. The Morgan fingerprint density at radius 2 is 2.18 bits per heavy atom. The van der Waals surface area contributed by atoms with Crippen molar-refractivity contribution in [3.8, 4) is 0 Å². The molecular formula is C18H17NO3. The summed E-state index contributed by atoms with van der Waals surface area (Å²) in [5.41, 5.74) is 1.52. The summed E-state index contributed by atoms with van der Waals surface area (Å²) in [5, 5.41) is 0.970. The molecule has 3 heterocycles. The molecular weight excluding hydrogens is 278 g/mol. The number of carbonyl (C=O) groups excluding carboxylic acids is 1. The van der Waals surface area contributed by atoms with Crippen molar-refractivity contribution in [2.75, 3.05) is 6.54 Å². The van der Waals surface area contributed by atoms with Gasteiger partial charge in [0.25, 0.3) is 5.91 Å². The molecule has 1 fully saturated rings. The van der Waals surface area contributed by atoms with Gasteiger partial charge in [0.1, 0.15) is 17.1 Å². The van der Waals surface area contributed by atoms with Crippen LogP contribution in [-0.4, -0.2) is 17.4 Å². The maximum atomic E-state index is 12.9. The predicted molar refractivity (Wildman–Crippen MR) is 82.7 cm³/mol. The van der Waals surface area contributed by atoms with Gasteiger partial charge in [-0.25, -0.2) is 0 Å². The molecule has 1 aliphatic heterocycles. The zero-order chi connectivity index (χ0) is 15.1. The second kappa shape index (κ2) is 5.05. The van der Waals surface area contributed by atoms with Crippen molar-refractivity contribution in [1.82, 2.24) is 4.90 Å². The molecule has 1 atom stereocenters. The Bertz CT molecular complexity index is 816. The summed E-state index contributed by atoms with van der Waals surface area (Å²) in [6.45, 7) is 2.68. The Labute approximate surface area is 128 Å². The lowest BCUT2D eigenvalue weighted by Gasteiger charge is -2.23. The number of aryl methyl sites for hydroxylation is 1. The minimum Gasteiger partial charge on any atom is -0.467 e. The van der Waals surface area contributed by atoms with Gasteiger partial charge in [0, 0.05) is 17.5 Å². The smallest absolute Gasteiger partial charge is 0.254 e. The van der Waals surface area contributed by atoms with E-state index >= 15 is 0 Å². The van der Waals surface area contributed by atoms with Gasteiger partial charge in [-0.05, 0) is 56.2 Å². The van der Waals surface area contributed by atoms with Gasteiger partial charge in [0.2, 0.25) is 0 Å². The monoisotopic (exact) mass is 295 g/mol. The summed E-state index contributed by atoms with van der Waals surface area (Å²) in [5.74, 6) is 1.78. The van der Waals surface area contributed by atoms with E-state index in [4.69, 9.17) is 8.83 Å². The normalized spacial score (nSPS) is 18.2. The highest BCUT2D eigenvalue weighted by molar-refractivity contribution is 5.98. The third-order valence-electron chi connectivity index (χ3n) is 4.27. The van der Waals surface area contributed by atoms with E-state index in [0.29, 0.717) is 5.56 Å². The standard InChI is InChI=1S/C18H17NO3/c1-12-10-14-11-13(6-7-16(14)22-12)18(20)19-8-2-4-15(19)17-5-3-9-21-17/h3,5-7,9-11,15H,2,4,8H2,1H3/t15-/m0/s1. The molecule has 112 valence electrons. The van der Waals surface area contributed by atoms with Crippen LogP contribution in [0.4, 0.5) is 0 Å². The van der Waals surface area contributed by atoms with Crippen molar-refractivity contribution in [3.63, 3.8) is 0 Å². The first kappa shape index (κ1) is 13.2. The molecule has 0 spiro atoms. The number of benzene rings is 1. The van der Waals surface area contributed by atoms with Crippen LogP contribution >= 0.6 is 0 Å². The fourth-order valence-corrected chi connectivity index (χ4v) is 3.26. The van der Waals surface area contributed by atoms with E-state index in [2.05, 4.69) is 0 Å². The second-order valence-corrected chi connectivity index (χ2v) is 5.78. The van der Waals surface area contributed by atoms with Crippen LogP contribution in [-0.2, 0) is 0 Å². The zero-order valence-electron chi connectivity index (χ0n) is 12.4. The molecule has 4 nitrogen and oxygen atoms in total. The van der Waals surface area contributed by atoms with Gasteiger partial charge in [-0.2, -0.15) is 0 Å². The van der Waals surface area contributed by atoms with E-state index in [1.165, 1.54) is 0 Å². The first-order valence-corrected chi connectivity index (χ1v) is 7.57. The molecule has 0 saturated carbocycles. The van der Waals surface area contributed by atoms with Gasteiger partial charge < -0.3 is 13.7 Å². The number of hydrogen-bond acceptors (Lipinski definition) is 3. The van der Waals surface area contributed by atoms with E-state index in [1.807, 2.05) is 48.2 Å². The molecule has 1 amide bonds. The number of amides is 1. The molecule has 0 unspecified atom stereocenters. The van der Waals surface area contributed by atoms with Crippen LogP contribution in [0, 0.1) is 6.92 Å². The molecule has 1 aliphatic rings. The summed E-state index contributed by atoms with van der Waals surface area (Å²) >= 11 is 0. The van der Waals surface area contributed by atoms with Gasteiger partial charge in [-0.3, -0.25) is 4.79 Å². The van der Waals surface area contributed by atoms with Crippen LogP contribution in [0.15, 0.2) is 51.5 Å². The average Bonchev–Trinajstić information content (AvgIpc) is 3.24. The van der Waals surface area contributed by atoms with Crippen LogP contribution in [0.2, 0.25) is 0 Å². The molecule has 1 aromatic carbocycles. The molecule has 4 rings (SSSR count). The number of nitrogens with zero attached hydrogens (tertiary/aromatic N) is 1. The minimum atomic E-state index is 0.0456. The van der Waals surface area contributed by atoms with Crippen molar-refractivity contribution >= 4 is 16.9 Å². The molecule has 4 heteroatoms. The number of hydrogen-bond donors (Lipinski definition) is 0. The molecule has 0 radical (unpaired) electrons. The lowest BCUT2D eigenvalue weighted by Crippen LogP contribution is -2.30. The van der Waals surface area contributed by atoms with Crippen molar-refractivity contribution < 1.29 is 13.6 Å². The van der Waals surface area contributed by atoms with E-state index in [9.17, 15) is 4.79 Å². The molecule has 0 bridgehead atoms. The minimum absolute atomic E-state index is 0.0456. The van der Waals surface area contributed by atoms with Gasteiger partial charge in [0.15, 0.2) is 0 Å². The van der Waals surface area contributed by atoms with Crippen LogP contribution in [0.5, 0.6) is 0 Å². The SMILES string of the molecule is Cc1cc2cc(C(=O)N3CCC[C@H]3c3ccco3)ccc2o1. The fraction of sp³-hybridized carbons (Fsp3) is 0.278. The van der Waals surface area contributed by atoms with Crippen molar-refractivity contribution in [3.05, 3.63) is 59.7 Å². The van der Waals surface area contributed by atoms with Gasteiger partial charge in [-0.15, -0.1) is 0 Å². The Morgan fingerprint density at radius 1 is 1.27 bits per heavy atom. The van der Waals surface area contributed by atoms with E-state index in [1.54, 1.807) is 6.26 Å². The molecule has 0 N–H and O–H groups in total. The number of rotatable bonds is 2. The first-order valence-electron chi connectivity index (χ1n) is 7.57. The fourth-order valence-electron chi connectivity index (χ4n) is 3.26. The highest BCUT2D eigenvalue weighted by Gasteiger charge is 2.32. The molecule has 1 saturated heterocycles. The number of carbonyl (C=O) groups is 1.